The molecule has 0 unspecified atom stereocenters. The molecular weight excluding hydrogens is 538 g/mol. The van der Waals surface area contributed by atoms with Gasteiger partial charge >= 0.3 is 6.03 Å². The Morgan fingerprint density at radius 2 is 1.80 bits per heavy atom. The van der Waals surface area contributed by atoms with E-state index in [4.69, 9.17) is 0 Å². The van der Waals surface area contributed by atoms with Gasteiger partial charge in [0.2, 0.25) is 9.84 Å². The fourth-order valence-electron chi connectivity index (χ4n) is 4.54. The van der Waals surface area contributed by atoms with Gasteiger partial charge in [-0.3, -0.25) is 9.78 Å². The number of aryl methyl sites for hydroxylation is 1. The minimum atomic E-state index is -4.11. The van der Waals surface area contributed by atoms with Crippen LogP contribution in [0.2, 0.25) is 0 Å². The summed E-state index contributed by atoms with van der Waals surface area (Å²) in [6.07, 6.45) is 7.92. The summed E-state index contributed by atoms with van der Waals surface area (Å²) in [4.78, 5) is 37.8. The number of ketones is 1. The Morgan fingerprint density at radius 1 is 1.00 bits per heavy atom. The van der Waals surface area contributed by atoms with E-state index in [0.29, 0.717) is 23.4 Å². The third-order valence-corrected chi connectivity index (χ3v) is 8.52. The summed E-state index contributed by atoms with van der Waals surface area (Å²) in [5, 5.41) is 5.71. The van der Waals surface area contributed by atoms with Gasteiger partial charge < -0.3 is 15.6 Å². The first-order valence-electron chi connectivity index (χ1n) is 13.2. The molecule has 2 amide bonds. The van der Waals surface area contributed by atoms with Crippen molar-refractivity contribution >= 4 is 38.4 Å². The average Bonchev–Trinajstić information content (AvgIpc) is 3.41. The summed E-state index contributed by atoms with van der Waals surface area (Å²) in [5.41, 5.74) is 2.92. The van der Waals surface area contributed by atoms with E-state index in [9.17, 15) is 18.0 Å². The Labute approximate surface area is 238 Å². The van der Waals surface area contributed by atoms with Crippen molar-refractivity contribution in [1.82, 2.24) is 20.3 Å². The molecule has 3 aromatic heterocycles. The molecule has 0 aliphatic heterocycles. The van der Waals surface area contributed by atoms with Crippen LogP contribution in [0.5, 0.6) is 0 Å². The van der Waals surface area contributed by atoms with Crippen molar-refractivity contribution in [3.63, 3.8) is 0 Å². The number of carbonyl (C=O) groups is 2. The molecule has 0 aliphatic carbocycles. The first kappa shape index (κ1) is 27.7. The van der Waals surface area contributed by atoms with Gasteiger partial charge in [0.05, 0.1) is 15.4 Å². The summed E-state index contributed by atoms with van der Waals surface area (Å²) >= 11 is 0. The largest absolute Gasteiger partial charge is 0.345 e. The molecular formula is C31H29N5O4S. The van der Waals surface area contributed by atoms with Crippen molar-refractivity contribution in [3.05, 3.63) is 102 Å². The Bertz CT molecular complexity index is 1830. The number of aromatic nitrogens is 3. The van der Waals surface area contributed by atoms with E-state index in [1.54, 1.807) is 73.1 Å². The fourth-order valence-corrected chi connectivity index (χ4v) is 6.20. The first-order chi connectivity index (χ1) is 19.8. The van der Waals surface area contributed by atoms with Crippen molar-refractivity contribution < 1.29 is 18.0 Å². The highest BCUT2D eigenvalue weighted by Crippen LogP contribution is 2.38. The number of H-pyrrole nitrogens is 1. The number of anilines is 1. The maximum atomic E-state index is 14.2. The molecule has 0 bridgehead atoms. The average molecular weight is 568 g/mol. The monoisotopic (exact) mass is 567 g/mol. The lowest BCUT2D eigenvalue weighted by Crippen LogP contribution is -2.29. The van der Waals surface area contributed by atoms with Gasteiger partial charge in [-0.2, -0.15) is 0 Å². The van der Waals surface area contributed by atoms with Gasteiger partial charge in [0, 0.05) is 59.1 Å². The third kappa shape index (κ3) is 5.73. The van der Waals surface area contributed by atoms with Crippen LogP contribution in [0.25, 0.3) is 22.2 Å². The summed E-state index contributed by atoms with van der Waals surface area (Å²) in [7, 11) is -4.11. The van der Waals surface area contributed by atoms with E-state index in [1.807, 2.05) is 13.8 Å². The second-order valence-corrected chi connectivity index (χ2v) is 11.5. The van der Waals surface area contributed by atoms with Gasteiger partial charge in [-0.15, -0.1) is 0 Å². The molecule has 3 N–H and O–H groups in total. The molecule has 0 saturated carbocycles. The van der Waals surface area contributed by atoms with Gasteiger partial charge in [0.25, 0.3) is 0 Å². The smallest absolute Gasteiger partial charge is 0.319 e. The number of fused-ring (bicyclic) bond motifs is 1. The SMILES string of the molecule is CCCCNC(=O)Nc1cccc(C(=O)c2c[nH]c3ncc(-c4cccnc4)c(S(=O)(=O)c4ccc(C)cc4)c23)c1. The highest BCUT2D eigenvalue weighted by molar-refractivity contribution is 7.91. The summed E-state index contributed by atoms with van der Waals surface area (Å²) in [6.45, 7) is 4.45. The molecule has 5 aromatic rings. The first-order valence-corrected chi connectivity index (χ1v) is 14.7. The molecule has 0 spiro atoms. The zero-order valence-electron chi connectivity index (χ0n) is 22.6. The lowest BCUT2D eigenvalue weighted by Gasteiger charge is -2.14. The normalized spacial score (nSPS) is 11.4. The highest BCUT2D eigenvalue weighted by Gasteiger charge is 2.30. The van der Waals surface area contributed by atoms with Crippen molar-refractivity contribution in [2.45, 2.75) is 36.5 Å². The van der Waals surface area contributed by atoms with Crippen molar-refractivity contribution in [3.8, 4) is 11.1 Å². The van der Waals surface area contributed by atoms with Crippen LogP contribution >= 0.6 is 0 Å². The van der Waals surface area contributed by atoms with Gasteiger partial charge in [-0.05, 0) is 43.7 Å². The summed E-state index contributed by atoms with van der Waals surface area (Å²) < 4.78 is 28.4. The molecule has 208 valence electrons. The number of amides is 2. The van der Waals surface area contributed by atoms with Crippen LogP contribution in [-0.4, -0.2) is 41.7 Å². The molecule has 0 atom stereocenters. The number of pyridine rings is 2. The zero-order valence-corrected chi connectivity index (χ0v) is 23.5. The van der Waals surface area contributed by atoms with Crippen LogP contribution in [-0.2, 0) is 9.84 Å². The number of urea groups is 1. The molecule has 0 aliphatic rings. The number of hydrogen-bond acceptors (Lipinski definition) is 6. The van der Waals surface area contributed by atoms with Gasteiger partial charge in [0.15, 0.2) is 5.78 Å². The van der Waals surface area contributed by atoms with Gasteiger partial charge in [-0.25, -0.2) is 18.2 Å². The Hall–Kier alpha value is -4.83. The maximum absolute atomic E-state index is 14.2. The quantitative estimate of drug-likeness (QED) is 0.150. The Balaban J connectivity index is 1.64. The van der Waals surface area contributed by atoms with Crippen molar-refractivity contribution in [2.75, 3.05) is 11.9 Å². The fraction of sp³-hybridized carbons (Fsp3) is 0.161. The lowest BCUT2D eigenvalue weighted by molar-refractivity contribution is 0.104. The number of carbonyl (C=O) groups excluding carboxylic acids is 2. The van der Waals surface area contributed by atoms with Gasteiger partial charge in [0.1, 0.15) is 5.65 Å². The van der Waals surface area contributed by atoms with E-state index >= 15 is 0 Å². The minimum Gasteiger partial charge on any atom is -0.345 e. The molecule has 0 radical (unpaired) electrons. The summed E-state index contributed by atoms with van der Waals surface area (Å²) in [6, 6.07) is 16.2. The van der Waals surface area contributed by atoms with E-state index in [-0.39, 0.29) is 38.0 Å². The van der Waals surface area contributed by atoms with E-state index in [1.165, 1.54) is 12.4 Å². The molecule has 9 nitrogen and oxygen atoms in total. The van der Waals surface area contributed by atoms with Crippen LogP contribution in [0.3, 0.4) is 0 Å². The molecule has 3 heterocycles. The molecule has 5 rings (SSSR count). The topological polar surface area (TPSA) is 134 Å². The molecule has 0 saturated heterocycles. The number of rotatable bonds is 9. The maximum Gasteiger partial charge on any atom is 0.319 e. The van der Waals surface area contributed by atoms with Gasteiger partial charge in [-0.1, -0.05) is 49.2 Å². The highest BCUT2D eigenvalue weighted by atomic mass is 32.2. The molecule has 0 fully saturated rings. The number of sulfone groups is 1. The molecule has 10 heteroatoms. The van der Waals surface area contributed by atoms with E-state index in [0.717, 1.165) is 18.4 Å². The lowest BCUT2D eigenvalue weighted by atomic mass is 10.0. The number of benzene rings is 2. The standard InChI is InChI=1S/C31H29N5O4S/c1-3-4-15-33-31(38)36-23-9-5-7-21(16-23)28(37)26-19-35-30-27(26)29(25(18-34-30)22-8-6-14-32-17-22)41(39,40)24-12-10-20(2)11-13-24/h5-14,16-19H,3-4,15H2,1-2H3,(H,34,35)(H2,33,36,38). The number of nitrogens with one attached hydrogen (secondary N) is 3. The van der Waals surface area contributed by atoms with Crippen LogP contribution in [0.1, 0.15) is 41.3 Å². The number of hydrogen-bond donors (Lipinski definition) is 3. The van der Waals surface area contributed by atoms with Crippen LogP contribution in [0, 0.1) is 6.92 Å². The predicted octanol–water partition coefficient (Wildman–Crippen LogP) is 5.92. The zero-order chi connectivity index (χ0) is 29.0. The van der Waals surface area contributed by atoms with Crippen LogP contribution in [0.4, 0.5) is 10.5 Å². The van der Waals surface area contributed by atoms with Crippen LogP contribution < -0.4 is 10.6 Å². The Kier molecular flexibility index (Phi) is 7.93. The summed E-state index contributed by atoms with van der Waals surface area (Å²) in [5.74, 6) is -0.420. The Morgan fingerprint density at radius 3 is 2.54 bits per heavy atom. The van der Waals surface area contributed by atoms with E-state index in [2.05, 4.69) is 25.6 Å². The number of nitrogens with zero attached hydrogens (tertiary/aromatic N) is 2. The van der Waals surface area contributed by atoms with E-state index < -0.39 is 15.6 Å². The second-order valence-electron chi connectivity index (χ2n) is 9.63. The minimum absolute atomic E-state index is 0.0338. The predicted molar refractivity (Wildman–Crippen MR) is 158 cm³/mol. The second kappa shape index (κ2) is 11.7. The third-order valence-electron chi connectivity index (χ3n) is 6.67. The van der Waals surface area contributed by atoms with Crippen LogP contribution in [0.15, 0.2) is 95.2 Å². The number of aromatic amines is 1. The molecule has 41 heavy (non-hydrogen) atoms. The van der Waals surface area contributed by atoms with Crippen molar-refractivity contribution in [2.24, 2.45) is 0 Å². The molecule has 2 aromatic carbocycles. The number of unbranched alkanes of at least 4 members (excludes halogenated alkanes) is 1. The van der Waals surface area contributed by atoms with Crippen molar-refractivity contribution in [1.29, 1.82) is 0 Å².